The number of amides is 4. The number of ether oxygens (including phenoxy) is 1. The first-order valence-electron chi connectivity index (χ1n) is 10.4. The number of nitrogens with one attached hydrogen (secondary N) is 1. The minimum atomic E-state index is -1.50. The lowest BCUT2D eigenvalue weighted by atomic mass is 9.66. The zero-order chi connectivity index (χ0) is 21.8. The van der Waals surface area contributed by atoms with Crippen molar-refractivity contribution in [3.05, 3.63) is 53.8 Å². The van der Waals surface area contributed by atoms with Gasteiger partial charge in [-0.3, -0.25) is 14.9 Å². The van der Waals surface area contributed by atoms with Crippen molar-refractivity contribution in [2.24, 2.45) is 5.41 Å². The lowest BCUT2D eigenvalue weighted by Gasteiger charge is -2.53. The third kappa shape index (κ3) is 2.74. The van der Waals surface area contributed by atoms with Crippen molar-refractivity contribution in [1.82, 2.24) is 5.32 Å². The van der Waals surface area contributed by atoms with E-state index in [-0.39, 0.29) is 12.2 Å². The molecule has 2 fully saturated rings. The number of methoxy groups -OCH3 is 1. The molecule has 1 N–H and O–H groups in total. The van der Waals surface area contributed by atoms with E-state index in [1.807, 2.05) is 4.90 Å². The quantitative estimate of drug-likeness (QED) is 0.752. The van der Waals surface area contributed by atoms with Crippen molar-refractivity contribution in [2.75, 3.05) is 23.5 Å². The Bertz CT molecular complexity index is 1090. The molecule has 2 aromatic rings. The van der Waals surface area contributed by atoms with Crippen LogP contribution in [0.4, 0.5) is 20.6 Å². The number of rotatable bonds is 2. The second-order valence-corrected chi connectivity index (χ2v) is 8.20. The van der Waals surface area contributed by atoms with Crippen molar-refractivity contribution in [3.8, 4) is 5.75 Å². The lowest BCUT2D eigenvalue weighted by molar-refractivity contribution is -0.145. The molecule has 2 aromatic carbocycles. The number of imide groups is 2. The summed E-state index contributed by atoms with van der Waals surface area (Å²) in [6.07, 6.45) is 2.28. The fraction of sp³-hybridized carbons (Fsp3) is 0.348. The van der Waals surface area contributed by atoms with Crippen molar-refractivity contribution in [2.45, 2.75) is 31.7 Å². The number of halogens is 1. The van der Waals surface area contributed by atoms with Crippen LogP contribution in [0.5, 0.6) is 5.75 Å². The van der Waals surface area contributed by atoms with Crippen molar-refractivity contribution >= 4 is 29.2 Å². The van der Waals surface area contributed by atoms with E-state index < -0.39 is 29.3 Å². The third-order valence-electron chi connectivity index (χ3n) is 6.64. The number of barbiturate groups is 1. The molecule has 7 nitrogen and oxygen atoms in total. The summed E-state index contributed by atoms with van der Waals surface area (Å²) in [5.74, 6) is -0.955. The second-order valence-electron chi connectivity index (χ2n) is 8.20. The summed E-state index contributed by atoms with van der Waals surface area (Å²) in [4.78, 5) is 42.8. The minimum absolute atomic E-state index is 0.0475. The van der Waals surface area contributed by atoms with Crippen molar-refractivity contribution < 1.29 is 23.5 Å². The van der Waals surface area contributed by atoms with Gasteiger partial charge in [0, 0.05) is 6.54 Å². The second kappa shape index (κ2) is 7.08. The average Bonchev–Trinajstić information content (AvgIpc) is 2.78. The maximum atomic E-state index is 14.8. The summed E-state index contributed by atoms with van der Waals surface area (Å²) in [6.45, 7) is 0.553. The van der Waals surface area contributed by atoms with Crippen LogP contribution in [-0.4, -0.2) is 37.5 Å². The van der Waals surface area contributed by atoms with Gasteiger partial charge in [0.25, 0.3) is 5.91 Å². The molecular weight excluding hydrogens is 401 g/mol. The molecule has 2 saturated heterocycles. The molecule has 0 aliphatic carbocycles. The Morgan fingerprint density at radius 2 is 1.87 bits per heavy atom. The fourth-order valence-electron chi connectivity index (χ4n) is 5.22. The molecule has 0 bridgehead atoms. The van der Waals surface area contributed by atoms with Crippen LogP contribution in [0.15, 0.2) is 42.5 Å². The Kier molecular flexibility index (Phi) is 4.46. The highest BCUT2D eigenvalue weighted by Crippen LogP contribution is 2.48. The normalized spacial score (nSPS) is 25.2. The number of carbonyl (C=O) groups is 3. The van der Waals surface area contributed by atoms with Gasteiger partial charge in [-0.15, -0.1) is 0 Å². The number of benzene rings is 2. The molecule has 0 aromatic heterocycles. The molecular formula is C23H22FN3O4. The maximum absolute atomic E-state index is 14.8. The number of fused-ring (bicyclic) bond motifs is 4. The van der Waals surface area contributed by atoms with E-state index >= 15 is 0 Å². The molecule has 2 atom stereocenters. The summed E-state index contributed by atoms with van der Waals surface area (Å²) in [5, 5.41) is 2.40. The molecule has 0 radical (unpaired) electrons. The molecule has 0 saturated carbocycles. The Balaban J connectivity index is 1.64. The molecule has 0 unspecified atom stereocenters. The largest absolute Gasteiger partial charge is 0.497 e. The van der Waals surface area contributed by atoms with Crippen LogP contribution >= 0.6 is 0 Å². The number of carbonyl (C=O) groups excluding carboxylic acids is 3. The standard InChI is InChI=1S/C23H22FN3O4/c1-31-16-10-8-15(9-11-16)27-21(29)23(20(28)25-22(27)30)13-14-5-4-6-17(24)19(14)26-12-3-2-7-18(23)26/h4-6,8-11,18H,2-3,7,12-13H2,1H3,(H,25,28,30)/t18-,23-/m0/s1. The number of anilines is 2. The van der Waals surface area contributed by atoms with Gasteiger partial charge < -0.3 is 9.64 Å². The maximum Gasteiger partial charge on any atom is 0.335 e. The van der Waals surface area contributed by atoms with Gasteiger partial charge in [-0.25, -0.2) is 14.1 Å². The van der Waals surface area contributed by atoms with Crippen LogP contribution in [0.3, 0.4) is 0 Å². The van der Waals surface area contributed by atoms with Gasteiger partial charge in [0.2, 0.25) is 5.91 Å². The van der Waals surface area contributed by atoms with Gasteiger partial charge in [-0.2, -0.15) is 0 Å². The SMILES string of the molecule is COc1ccc(N2C(=O)NC(=O)[C@@]3(Cc4cccc(F)c4N4CCCC[C@H]43)C2=O)cc1. The van der Waals surface area contributed by atoms with Gasteiger partial charge >= 0.3 is 6.03 Å². The first-order valence-corrected chi connectivity index (χ1v) is 10.4. The summed E-state index contributed by atoms with van der Waals surface area (Å²) in [6, 6.07) is 9.95. The van der Waals surface area contributed by atoms with Crippen molar-refractivity contribution in [1.29, 1.82) is 0 Å². The van der Waals surface area contributed by atoms with E-state index in [1.54, 1.807) is 36.4 Å². The third-order valence-corrected chi connectivity index (χ3v) is 6.64. The Morgan fingerprint density at radius 3 is 2.61 bits per heavy atom. The van der Waals surface area contributed by atoms with Crippen LogP contribution < -0.4 is 19.9 Å². The first kappa shape index (κ1) is 19.5. The van der Waals surface area contributed by atoms with E-state index in [0.717, 1.165) is 17.7 Å². The molecule has 3 aliphatic heterocycles. The molecule has 5 rings (SSSR count). The van der Waals surface area contributed by atoms with Gasteiger partial charge in [0.1, 0.15) is 11.6 Å². The Morgan fingerprint density at radius 1 is 1.10 bits per heavy atom. The molecule has 3 aliphatic rings. The molecule has 3 heterocycles. The average molecular weight is 423 g/mol. The Labute approximate surface area is 178 Å². The van der Waals surface area contributed by atoms with E-state index in [4.69, 9.17) is 4.74 Å². The van der Waals surface area contributed by atoms with Crippen LogP contribution in [0, 0.1) is 11.2 Å². The minimum Gasteiger partial charge on any atom is -0.497 e. The summed E-state index contributed by atoms with van der Waals surface area (Å²) in [5.41, 5.74) is -0.0886. The predicted molar refractivity (Wildman–Crippen MR) is 112 cm³/mol. The highest BCUT2D eigenvalue weighted by molar-refractivity contribution is 6.30. The van der Waals surface area contributed by atoms with Crippen LogP contribution in [-0.2, 0) is 16.0 Å². The van der Waals surface area contributed by atoms with E-state index in [0.29, 0.717) is 35.7 Å². The highest BCUT2D eigenvalue weighted by atomic mass is 19.1. The van der Waals surface area contributed by atoms with E-state index in [9.17, 15) is 18.8 Å². The van der Waals surface area contributed by atoms with E-state index in [2.05, 4.69) is 5.32 Å². The monoisotopic (exact) mass is 423 g/mol. The zero-order valence-corrected chi connectivity index (χ0v) is 17.1. The summed E-state index contributed by atoms with van der Waals surface area (Å²) in [7, 11) is 1.53. The molecule has 1 spiro atoms. The molecule has 4 amide bonds. The first-order chi connectivity index (χ1) is 15.0. The van der Waals surface area contributed by atoms with Gasteiger partial charge in [-0.1, -0.05) is 12.1 Å². The summed E-state index contributed by atoms with van der Waals surface area (Å²) < 4.78 is 19.9. The number of para-hydroxylation sites is 1. The van der Waals surface area contributed by atoms with Gasteiger partial charge in [-0.05, 0) is 61.6 Å². The fourth-order valence-corrected chi connectivity index (χ4v) is 5.22. The molecule has 160 valence electrons. The van der Waals surface area contributed by atoms with E-state index in [1.165, 1.54) is 13.2 Å². The number of urea groups is 1. The smallest absolute Gasteiger partial charge is 0.335 e. The zero-order valence-electron chi connectivity index (χ0n) is 17.1. The van der Waals surface area contributed by atoms with Gasteiger partial charge in [0.15, 0.2) is 5.41 Å². The van der Waals surface area contributed by atoms with Gasteiger partial charge in [0.05, 0.1) is 24.5 Å². The Hall–Kier alpha value is -3.42. The molecule has 31 heavy (non-hydrogen) atoms. The summed E-state index contributed by atoms with van der Waals surface area (Å²) >= 11 is 0. The van der Waals surface area contributed by atoms with Crippen LogP contribution in [0.2, 0.25) is 0 Å². The molecule has 8 heteroatoms. The van der Waals surface area contributed by atoms with Crippen LogP contribution in [0.25, 0.3) is 0 Å². The predicted octanol–water partition coefficient (Wildman–Crippen LogP) is 3.02. The topological polar surface area (TPSA) is 79.0 Å². The van der Waals surface area contributed by atoms with Crippen LogP contribution in [0.1, 0.15) is 24.8 Å². The highest BCUT2D eigenvalue weighted by Gasteiger charge is 2.62. The number of hydrogen-bond donors (Lipinski definition) is 1. The number of nitrogens with zero attached hydrogens (tertiary/aromatic N) is 2. The number of hydrogen-bond acceptors (Lipinski definition) is 5. The van der Waals surface area contributed by atoms with Crippen molar-refractivity contribution in [3.63, 3.8) is 0 Å². The lowest BCUT2D eigenvalue weighted by Crippen LogP contribution is -2.73. The number of piperidine rings is 1.